The van der Waals surface area contributed by atoms with Gasteiger partial charge in [-0.2, -0.15) is 0 Å². The summed E-state index contributed by atoms with van der Waals surface area (Å²) in [5.74, 6) is 1.04. The fourth-order valence-electron chi connectivity index (χ4n) is 4.94. The van der Waals surface area contributed by atoms with Crippen molar-refractivity contribution in [3.05, 3.63) is 59.3 Å². The van der Waals surface area contributed by atoms with Gasteiger partial charge in [-0.1, -0.05) is 31.4 Å². The fraction of sp³-hybridized carbons (Fsp3) is 0.556. The van der Waals surface area contributed by atoms with E-state index in [1.165, 1.54) is 18.6 Å². The molecule has 7 heteroatoms. The molecule has 0 spiro atoms. The monoisotopic (exact) mass is 470 g/mol. The minimum Gasteiger partial charge on any atom is -0.464 e. The molecule has 2 aliphatic rings. The Hall–Kier alpha value is -2.67. The number of aryl methyl sites for hydroxylation is 1. The summed E-state index contributed by atoms with van der Waals surface area (Å²) in [6, 6.07) is 9.88. The highest BCUT2D eigenvalue weighted by Crippen LogP contribution is 2.26. The van der Waals surface area contributed by atoms with Crippen LogP contribution in [0, 0.1) is 18.7 Å². The summed E-state index contributed by atoms with van der Waals surface area (Å²) >= 11 is 0. The second kappa shape index (κ2) is 11.6. The Morgan fingerprint density at radius 3 is 2.35 bits per heavy atom. The fourth-order valence-corrected chi connectivity index (χ4v) is 4.94. The zero-order valence-electron chi connectivity index (χ0n) is 20.0. The van der Waals surface area contributed by atoms with Crippen LogP contribution in [0.15, 0.2) is 40.8 Å². The standard InChI is InChI=1S/C27H35FN2O4/c1-20-9-14-25(34-20)18-29(16-21-10-12-23(28)13-11-21)26(31)19-30(17-24-8-5-15-33-24)27(32)22-6-3-2-4-7-22/h9-14,22,24H,2-8,15-19H2,1H3. The average molecular weight is 471 g/mol. The lowest BCUT2D eigenvalue weighted by atomic mass is 9.88. The number of rotatable bonds is 9. The quantitative estimate of drug-likeness (QED) is 0.526. The van der Waals surface area contributed by atoms with Crippen molar-refractivity contribution >= 4 is 11.8 Å². The van der Waals surface area contributed by atoms with Gasteiger partial charge in [0.25, 0.3) is 0 Å². The molecule has 0 radical (unpaired) electrons. The van der Waals surface area contributed by atoms with Crippen LogP contribution in [0.5, 0.6) is 0 Å². The van der Waals surface area contributed by atoms with Crippen molar-refractivity contribution in [2.24, 2.45) is 5.92 Å². The molecule has 1 unspecified atom stereocenters. The third-order valence-electron chi connectivity index (χ3n) is 6.82. The summed E-state index contributed by atoms with van der Waals surface area (Å²) in [4.78, 5) is 30.4. The normalized spacial score (nSPS) is 18.7. The first-order chi connectivity index (χ1) is 16.5. The molecule has 0 bridgehead atoms. The van der Waals surface area contributed by atoms with Gasteiger partial charge in [-0.15, -0.1) is 0 Å². The first kappa shape index (κ1) is 24.5. The van der Waals surface area contributed by atoms with Crippen molar-refractivity contribution < 1.29 is 23.1 Å². The predicted molar refractivity (Wildman–Crippen MR) is 126 cm³/mol. The van der Waals surface area contributed by atoms with E-state index in [-0.39, 0.29) is 42.7 Å². The Morgan fingerprint density at radius 1 is 0.941 bits per heavy atom. The molecule has 1 aromatic carbocycles. The van der Waals surface area contributed by atoms with Crippen LogP contribution in [0.2, 0.25) is 0 Å². The van der Waals surface area contributed by atoms with Crippen LogP contribution < -0.4 is 0 Å². The van der Waals surface area contributed by atoms with Gasteiger partial charge in [0, 0.05) is 25.6 Å². The summed E-state index contributed by atoms with van der Waals surface area (Å²) in [5, 5.41) is 0. The summed E-state index contributed by atoms with van der Waals surface area (Å²) in [6.45, 7) is 3.63. The van der Waals surface area contributed by atoms with Crippen molar-refractivity contribution in [3.63, 3.8) is 0 Å². The molecule has 2 heterocycles. The van der Waals surface area contributed by atoms with Gasteiger partial charge in [0.1, 0.15) is 17.3 Å². The van der Waals surface area contributed by atoms with Crippen molar-refractivity contribution in [2.45, 2.75) is 71.1 Å². The maximum Gasteiger partial charge on any atom is 0.242 e. The Labute approximate surface area is 201 Å². The largest absolute Gasteiger partial charge is 0.464 e. The highest BCUT2D eigenvalue weighted by molar-refractivity contribution is 5.86. The van der Waals surface area contributed by atoms with Gasteiger partial charge >= 0.3 is 0 Å². The van der Waals surface area contributed by atoms with E-state index in [2.05, 4.69) is 0 Å². The molecule has 1 saturated heterocycles. The zero-order valence-corrected chi connectivity index (χ0v) is 20.0. The van der Waals surface area contributed by atoms with E-state index >= 15 is 0 Å². The van der Waals surface area contributed by atoms with Gasteiger partial charge < -0.3 is 19.0 Å². The number of hydrogen-bond acceptors (Lipinski definition) is 4. The van der Waals surface area contributed by atoms with Crippen molar-refractivity contribution in [1.82, 2.24) is 9.80 Å². The Balaban J connectivity index is 1.50. The topological polar surface area (TPSA) is 63.0 Å². The Bertz CT molecular complexity index is 946. The summed E-state index contributed by atoms with van der Waals surface area (Å²) in [6.07, 6.45) is 6.95. The number of nitrogens with zero attached hydrogens (tertiary/aromatic N) is 2. The van der Waals surface area contributed by atoms with Crippen LogP contribution in [0.1, 0.15) is 62.0 Å². The summed E-state index contributed by atoms with van der Waals surface area (Å²) in [7, 11) is 0. The summed E-state index contributed by atoms with van der Waals surface area (Å²) < 4.78 is 24.9. The second-order valence-electron chi connectivity index (χ2n) is 9.58. The molecular weight excluding hydrogens is 435 g/mol. The molecule has 2 amide bonds. The van der Waals surface area contributed by atoms with E-state index in [1.807, 2.05) is 19.1 Å². The molecule has 2 fully saturated rings. The molecule has 0 N–H and O–H groups in total. The number of carbonyl (C=O) groups is 2. The number of furan rings is 1. The lowest BCUT2D eigenvalue weighted by Gasteiger charge is -2.32. The molecule has 2 aromatic rings. The van der Waals surface area contributed by atoms with Crippen LogP contribution in [0.25, 0.3) is 0 Å². The van der Waals surface area contributed by atoms with Gasteiger partial charge in [-0.3, -0.25) is 9.59 Å². The zero-order chi connectivity index (χ0) is 23.9. The van der Waals surface area contributed by atoms with E-state index in [0.717, 1.165) is 49.8 Å². The van der Waals surface area contributed by atoms with Gasteiger partial charge in [0.15, 0.2) is 0 Å². The average Bonchev–Trinajstić information content (AvgIpc) is 3.51. The lowest BCUT2D eigenvalue weighted by Crippen LogP contribution is -2.47. The molecule has 1 aliphatic carbocycles. The van der Waals surface area contributed by atoms with E-state index in [1.54, 1.807) is 21.9 Å². The van der Waals surface area contributed by atoms with Gasteiger partial charge in [-0.05, 0) is 62.4 Å². The minimum atomic E-state index is -0.316. The number of halogens is 1. The van der Waals surface area contributed by atoms with Crippen LogP contribution in [0.4, 0.5) is 4.39 Å². The third kappa shape index (κ3) is 6.69. The SMILES string of the molecule is Cc1ccc(CN(Cc2ccc(F)cc2)C(=O)CN(CC2CCCO2)C(=O)C2CCCCC2)o1. The van der Waals surface area contributed by atoms with E-state index in [9.17, 15) is 14.0 Å². The van der Waals surface area contributed by atoms with E-state index < -0.39 is 0 Å². The van der Waals surface area contributed by atoms with Crippen molar-refractivity contribution in [1.29, 1.82) is 0 Å². The number of hydrogen-bond donors (Lipinski definition) is 0. The molecule has 6 nitrogen and oxygen atoms in total. The van der Waals surface area contributed by atoms with Crippen LogP contribution in [-0.4, -0.2) is 47.4 Å². The maximum absolute atomic E-state index is 13.6. The molecule has 1 aliphatic heterocycles. The van der Waals surface area contributed by atoms with Crippen molar-refractivity contribution in [3.8, 4) is 0 Å². The molecule has 1 aromatic heterocycles. The second-order valence-corrected chi connectivity index (χ2v) is 9.58. The number of ether oxygens (including phenoxy) is 1. The predicted octanol–water partition coefficient (Wildman–Crippen LogP) is 4.84. The van der Waals surface area contributed by atoms with E-state index in [4.69, 9.17) is 9.15 Å². The first-order valence-electron chi connectivity index (χ1n) is 12.5. The van der Waals surface area contributed by atoms with Crippen LogP contribution >= 0.6 is 0 Å². The van der Waals surface area contributed by atoms with Gasteiger partial charge in [0.05, 0.1) is 19.2 Å². The van der Waals surface area contributed by atoms with Crippen molar-refractivity contribution in [2.75, 3.05) is 19.7 Å². The first-order valence-corrected chi connectivity index (χ1v) is 12.5. The molecule has 1 saturated carbocycles. The van der Waals surface area contributed by atoms with Crippen LogP contribution in [0.3, 0.4) is 0 Å². The minimum absolute atomic E-state index is 0.01000. The highest BCUT2D eigenvalue weighted by Gasteiger charge is 2.31. The Morgan fingerprint density at radius 2 is 1.71 bits per heavy atom. The summed E-state index contributed by atoms with van der Waals surface area (Å²) in [5.41, 5.74) is 0.822. The maximum atomic E-state index is 13.6. The van der Waals surface area contributed by atoms with E-state index in [0.29, 0.717) is 25.5 Å². The molecular formula is C27H35FN2O4. The molecule has 184 valence electrons. The van der Waals surface area contributed by atoms with Crippen LogP contribution in [-0.2, 0) is 27.4 Å². The van der Waals surface area contributed by atoms with Gasteiger partial charge in [-0.25, -0.2) is 4.39 Å². The Kier molecular flexibility index (Phi) is 8.38. The van der Waals surface area contributed by atoms with Gasteiger partial charge in [0.2, 0.25) is 11.8 Å². The number of benzene rings is 1. The third-order valence-corrected chi connectivity index (χ3v) is 6.82. The number of amides is 2. The number of carbonyl (C=O) groups excluding carboxylic acids is 2. The highest BCUT2D eigenvalue weighted by atomic mass is 19.1. The molecule has 34 heavy (non-hydrogen) atoms. The smallest absolute Gasteiger partial charge is 0.242 e. The lowest BCUT2D eigenvalue weighted by molar-refractivity contribution is -0.145. The molecule has 4 rings (SSSR count). The molecule has 1 atom stereocenters.